The van der Waals surface area contributed by atoms with Crippen LogP contribution in [0.4, 0.5) is 0 Å². The van der Waals surface area contributed by atoms with Gasteiger partial charge >= 0.3 is 5.97 Å². The lowest BCUT2D eigenvalue weighted by Crippen LogP contribution is -2.33. The summed E-state index contributed by atoms with van der Waals surface area (Å²) in [4.78, 5) is 21.7. The van der Waals surface area contributed by atoms with Crippen molar-refractivity contribution < 1.29 is 9.53 Å². The van der Waals surface area contributed by atoms with Crippen LogP contribution in [0, 0.1) is 16.7 Å². The third-order valence-corrected chi connectivity index (χ3v) is 5.76. The summed E-state index contributed by atoms with van der Waals surface area (Å²) in [5.74, 6) is 0.619. The lowest BCUT2D eigenvalue weighted by Gasteiger charge is -2.22. The maximum absolute atomic E-state index is 12.8. The van der Waals surface area contributed by atoms with Crippen molar-refractivity contribution in [2.45, 2.75) is 85.0 Å². The van der Waals surface area contributed by atoms with Crippen LogP contribution in [0.1, 0.15) is 84.1 Å². The van der Waals surface area contributed by atoms with Gasteiger partial charge in [0.2, 0.25) is 0 Å². The fourth-order valence-corrected chi connectivity index (χ4v) is 3.55. The Morgan fingerprint density at radius 1 is 0.968 bits per heavy atom. The molecule has 1 aromatic carbocycles. The number of ether oxygens (including phenoxy) is 1. The van der Waals surface area contributed by atoms with Crippen molar-refractivity contribution in [1.82, 2.24) is 9.97 Å². The van der Waals surface area contributed by atoms with Crippen molar-refractivity contribution in [2.75, 3.05) is 0 Å². The monoisotopic (exact) mass is 421 g/mol. The normalized spacial score (nSPS) is 12.7. The minimum atomic E-state index is -1.08. The van der Waals surface area contributed by atoms with Gasteiger partial charge in [0.05, 0.1) is 6.07 Å². The molecule has 0 amide bonds. The Morgan fingerprint density at radius 3 is 2.19 bits per heavy atom. The second-order valence-electron chi connectivity index (χ2n) is 8.14. The smallest absolute Gasteiger partial charge is 0.331 e. The molecule has 0 aliphatic rings. The van der Waals surface area contributed by atoms with E-state index in [2.05, 4.69) is 29.9 Å². The van der Waals surface area contributed by atoms with Crippen LogP contribution in [0.3, 0.4) is 0 Å². The molecule has 5 nitrogen and oxygen atoms in total. The highest BCUT2D eigenvalue weighted by Gasteiger charge is 2.38. The van der Waals surface area contributed by atoms with E-state index < -0.39 is 11.4 Å². The van der Waals surface area contributed by atoms with Crippen molar-refractivity contribution >= 4 is 5.97 Å². The minimum absolute atomic E-state index is 0.437. The summed E-state index contributed by atoms with van der Waals surface area (Å²) in [5, 5.41) is 9.70. The van der Waals surface area contributed by atoms with Gasteiger partial charge in [0.15, 0.2) is 11.2 Å². The molecular formula is C26H35N3O2. The molecule has 0 fully saturated rings. The first kappa shape index (κ1) is 24.5. The number of rotatable bonds is 13. The molecule has 31 heavy (non-hydrogen) atoms. The van der Waals surface area contributed by atoms with Crippen LogP contribution in [-0.4, -0.2) is 15.9 Å². The number of benzene rings is 1. The standard InChI is InChI=1S/C26H35N3O2/c1-4-7-9-11-17-26(6-3,20-27)25(30)31-23-15-13-22(14-16-23)24-28-18-21(19-29-24)12-10-8-5-2/h13-16,18-19H,4-12,17H2,1-3H3. The number of nitriles is 1. The van der Waals surface area contributed by atoms with E-state index in [1.54, 1.807) is 12.1 Å². The van der Waals surface area contributed by atoms with E-state index in [0.717, 1.165) is 49.7 Å². The molecule has 0 radical (unpaired) electrons. The number of hydrogen-bond donors (Lipinski definition) is 0. The lowest BCUT2D eigenvalue weighted by atomic mass is 9.81. The van der Waals surface area contributed by atoms with Crippen LogP contribution in [0.25, 0.3) is 11.4 Å². The SMILES string of the molecule is CCCCCCC(C#N)(CC)C(=O)Oc1ccc(-c2ncc(CCCCC)cn2)cc1. The molecule has 166 valence electrons. The lowest BCUT2D eigenvalue weighted by molar-refractivity contribution is -0.143. The van der Waals surface area contributed by atoms with Crippen molar-refractivity contribution in [1.29, 1.82) is 5.26 Å². The molecular weight excluding hydrogens is 386 g/mol. The quantitative estimate of drug-likeness (QED) is 0.205. The number of carbonyl (C=O) groups excluding carboxylic acids is 1. The second-order valence-corrected chi connectivity index (χ2v) is 8.14. The van der Waals surface area contributed by atoms with E-state index in [1.807, 2.05) is 31.5 Å². The van der Waals surface area contributed by atoms with E-state index in [1.165, 1.54) is 12.8 Å². The molecule has 5 heteroatoms. The summed E-state index contributed by atoms with van der Waals surface area (Å²) in [6.45, 7) is 6.20. The highest BCUT2D eigenvalue weighted by Crippen LogP contribution is 2.31. The van der Waals surface area contributed by atoms with E-state index in [-0.39, 0.29) is 0 Å². The van der Waals surface area contributed by atoms with Gasteiger partial charge in [-0.2, -0.15) is 5.26 Å². The molecule has 0 aliphatic carbocycles. The number of esters is 1. The Balaban J connectivity index is 2.00. The molecule has 0 N–H and O–H groups in total. The average Bonchev–Trinajstić information content (AvgIpc) is 2.81. The zero-order valence-corrected chi connectivity index (χ0v) is 19.2. The van der Waals surface area contributed by atoms with Gasteiger partial charge in [0.1, 0.15) is 5.75 Å². The summed E-state index contributed by atoms with van der Waals surface area (Å²) < 4.78 is 5.58. The second kappa shape index (κ2) is 12.8. The van der Waals surface area contributed by atoms with Gasteiger partial charge in [-0.1, -0.05) is 59.3 Å². The van der Waals surface area contributed by atoms with Gasteiger partial charge in [-0.25, -0.2) is 14.8 Å². The van der Waals surface area contributed by atoms with E-state index in [9.17, 15) is 10.1 Å². The molecule has 0 aliphatic heterocycles. The fourth-order valence-electron chi connectivity index (χ4n) is 3.55. The largest absolute Gasteiger partial charge is 0.425 e. The molecule has 0 saturated heterocycles. The van der Waals surface area contributed by atoms with Gasteiger partial charge in [-0.15, -0.1) is 0 Å². The van der Waals surface area contributed by atoms with Crippen LogP contribution < -0.4 is 4.74 Å². The van der Waals surface area contributed by atoms with Crippen molar-refractivity contribution in [2.24, 2.45) is 5.41 Å². The zero-order valence-electron chi connectivity index (χ0n) is 19.2. The van der Waals surface area contributed by atoms with Crippen molar-refractivity contribution in [3.63, 3.8) is 0 Å². The maximum atomic E-state index is 12.8. The predicted molar refractivity (Wildman–Crippen MR) is 123 cm³/mol. The fraction of sp³-hybridized carbons (Fsp3) is 0.538. The topological polar surface area (TPSA) is 75.9 Å². The highest BCUT2D eigenvalue weighted by molar-refractivity contribution is 5.82. The Hall–Kier alpha value is -2.74. The number of aromatic nitrogens is 2. The van der Waals surface area contributed by atoms with Crippen molar-refractivity contribution in [3.8, 4) is 23.2 Å². The van der Waals surface area contributed by atoms with E-state index in [4.69, 9.17) is 4.74 Å². The first-order valence-electron chi connectivity index (χ1n) is 11.6. The van der Waals surface area contributed by atoms with Crippen LogP contribution >= 0.6 is 0 Å². The first-order valence-corrected chi connectivity index (χ1v) is 11.6. The number of nitrogens with zero attached hydrogens (tertiary/aromatic N) is 3. The van der Waals surface area contributed by atoms with Crippen LogP contribution in [0.2, 0.25) is 0 Å². The molecule has 0 spiro atoms. The molecule has 0 saturated carbocycles. The molecule has 1 unspecified atom stereocenters. The summed E-state index contributed by atoms with van der Waals surface area (Å²) in [7, 11) is 0. The van der Waals surface area contributed by atoms with Gasteiger partial charge in [0.25, 0.3) is 0 Å². The van der Waals surface area contributed by atoms with Crippen molar-refractivity contribution in [3.05, 3.63) is 42.2 Å². The van der Waals surface area contributed by atoms with Gasteiger partial charge in [0, 0.05) is 18.0 Å². The Morgan fingerprint density at radius 2 is 1.61 bits per heavy atom. The first-order chi connectivity index (χ1) is 15.1. The molecule has 0 bridgehead atoms. The summed E-state index contributed by atoms with van der Waals surface area (Å²) >= 11 is 0. The average molecular weight is 422 g/mol. The maximum Gasteiger partial charge on any atom is 0.331 e. The molecule has 1 atom stereocenters. The van der Waals surface area contributed by atoms with Gasteiger partial charge in [-0.05, 0) is 55.5 Å². The summed E-state index contributed by atoms with van der Waals surface area (Å²) in [6.07, 6.45) is 13.4. The Kier molecular flexibility index (Phi) is 10.2. The summed E-state index contributed by atoms with van der Waals surface area (Å²) in [6, 6.07) is 9.39. The Bertz CT molecular complexity index is 840. The highest BCUT2D eigenvalue weighted by atomic mass is 16.5. The Labute approximate surface area is 186 Å². The number of carbonyl (C=O) groups is 1. The number of aryl methyl sites for hydroxylation is 1. The van der Waals surface area contributed by atoms with Gasteiger partial charge in [-0.3, -0.25) is 0 Å². The molecule has 1 heterocycles. The third-order valence-electron chi connectivity index (χ3n) is 5.76. The minimum Gasteiger partial charge on any atom is -0.425 e. The van der Waals surface area contributed by atoms with Crippen LogP contribution in [0.15, 0.2) is 36.7 Å². The number of hydrogen-bond acceptors (Lipinski definition) is 5. The molecule has 1 aromatic heterocycles. The molecule has 2 rings (SSSR count). The van der Waals surface area contributed by atoms with E-state index >= 15 is 0 Å². The zero-order chi connectivity index (χ0) is 22.5. The summed E-state index contributed by atoms with van der Waals surface area (Å²) in [5.41, 5.74) is 0.930. The molecule has 2 aromatic rings. The predicted octanol–water partition coefficient (Wildman–Crippen LogP) is 6.67. The van der Waals surface area contributed by atoms with E-state index in [0.29, 0.717) is 24.4 Å². The van der Waals surface area contributed by atoms with Gasteiger partial charge < -0.3 is 4.74 Å². The van der Waals surface area contributed by atoms with Crippen LogP contribution in [-0.2, 0) is 11.2 Å². The number of unbranched alkanes of at least 4 members (excludes halogenated alkanes) is 5. The third kappa shape index (κ3) is 7.17. The van der Waals surface area contributed by atoms with Crippen LogP contribution in [0.5, 0.6) is 5.75 Å².